The predicted octanol–water partition coefficient (Wildman–Crippen LogP) is 20.0. The van der Waals surface area contributed by atoms with Gasteiger partial charge in [-0.3, -0.25) is 0 Å². The van der Waals surface area contributed by atoms with Crippen LogP contribution in [-0.2, 0) is 27.0 Å². The number of benzene rings is 8. The van der Waals surface area contributed by atoms with E-state index < -0.39 is 27.0 Å². The monoisotopic (exact) mass is 1370 g/mol. The fourth-order valence-corrected chi connectivity index (χ4v) is 17.5. The summed E-state index contributed by atoms with van der Waals surface area (Å²) >= 11 is -3.76. The molecule has 4 nitrogen and oxygen atoms in total. The number of aryl methyl sites for hydroxylation is 12. The average Bonchev–Trinajstić information content (AvgIpc) is 3.08. The normalized spacial score (nSPS) is 14.1. The molecular weight excluding hydrogens is 1290 g/mol. The molecule has 0 unspecified atom stereocenters. The van der Waals surface area contributed by atoms with Crippen LogP contribution in [0.2, 0.25) is 0 Å². The van der Waals surface area contributed by atoms with Gasteiger partial charge in [0.25, 0.3) is 0 Å². The Balaban J connectivity index is 0.000000160. The van der Waals surface area contributed by atoms with E-state index in [-0.39, 0.29) is 14.9 Å². The fraction of sp³-hybridized carbons (Fsp3) is 0.216. The summed E-state index contributed by atoms with van der Waals surface area (Å²) in [7, 11) is 24.8. The van der Waals surface area contributed by atoms with Crippen molar-refractivity contribution in [1.82, 2.24) is 0 Å². The molecule has 0 atom stereocenters. The molecule has 0 aromatic heterocycles. The first-order chi connectivity index (χ1) is 39.3. The van der Waals surface area contributed by atoms with Gasteiger partial charge in [-0.15, -0.1) is 0 Å². The molecule has 0 N–H and O–H groups in total. The summed E-state index contributed by atoms with van der Waals surface area (Å²) in [6.45, 7) is 35.1. The number of allylic oxidation sites excluding steroid dienone is 2. The number of anilines is 4. The zero-order valence-corrected chi connectivity index (χ0v) is 57.7. The van der Waals surface area contributed by atoms with Crippen LogP contribution in [0.25, 0.3) is 11.1 Å². The van der Waals surface area contributed by atoms with Gasteiger partial charge in [-0.05, 0) is 128 Å². The number of nitrogens with zero attached hydrogens (tertiary/aromatic N) is 4. The van der Waals surface area contributed by atoms with E-state index in [1.54, 1.807) is 0 Å². The van der Waals surface area contributed by atoms with Gasteiger partial charge in [0.15, 0.2) is 0 Å². The molecule has 0 saturated carbocycles. The number of halogens is 4. The van der Waals surface area contributed by atoms with Crippen LogP contribution >= 0.6 is 38.8 Å². The fourth-order valence-electron chi connectivity index (χ4n) is 12.5. The molecule has 12 rings (SSSR count). The molecule has 444 valence electrons. The minimum absolute atomic E-state index is 0. The topological polar surface area (TPSA) is 13.0 Å². The summed E-state index contributed by atoms with van der Waals surface area (Å²) in [4.78, 5) is 9.62. The third-order valence-electron chi connectivity index (χ3n) is 15.3. The molecule has 2 heterocycles. The van der Waals surface area contributed by atoms with Crippen LogP contribution in [0.4, 0.5) is 22.7 Å². The molecule has 2 saturated heterocycles. The van der Waals surface area contributed by atoms with E-state index in [9.17, 15) is 0 Å². The second kappa shape index (κ2) is 29.3. The molecule has 0 amide bonds. The first kappa shape index (κ1) is 66.1. The van der Waals surface area contributed by atoms with Crippen LogP contribution in [0, 0.1) is 111 Å². The van der Waals surface area contributed by atoms with Crippen molar-refractivity contribution < 1.29 is 27.0 Å². The first-order valence-corrected chi connectivity index (χ1v) is 38.5. The van der Waals surface area contributed by atoms with Crippen molar-refractivity contribution in [3.05, 3.63) is 298 Å². The summed E-state index contributed by atoms with van der Waals surface area (Å²) in [5.41, 5.74) is 31.4. The van der Waals surface area contributed by atoms with Crippen molar-refractivity contribution >= 4 is 80.9 Å². The number of hydrogen-bond acceptors (Lipinski definition) is 4. The second-order valence-electron chi connectivity index (χ2n) is 22.0. The Hall–Kier alpha value is -5.41. The molecule has 0 spiro atoms. The molecule has 0 bridgehead atoms. The van der Waals surface area contributed by atoms with Crippen LogP contribution in [0.1, 0.15) is 100 Å². The van der Waals surface area contributed by atoms with Crippen LogP contribution in [0.3, 0.4) is 0 Å². The van der Waals surface area contributed by atoms with E-state index in [2.05, 4.69) is 237 Å². The molecule has 2 fully saturated rings. The second-order valence-corrected chi connectivity index (χ2v) is 33.6. The molecule has 2 aliphatic heterocycles. The van der Waals surface area contributed by atoms with Crippen LogP contribution in [0.15, 0.2) is 170 Å². The van der Waals surface area contributed by atoms with Crippen molar-refractivity contribution in [2.75, 3.05) is 45.8 Å². The Morgan fingerprint density at radius 2 is 0.524 bits per heavy atom. The Morgan fingerprint density at radius 1 is 0.310 bits per heavy atom. The Morgan fingerprint density at radius 3 is 0.750 bits per heavy atom. The van der Waals surface area contributed by atoms with Gasteiger partial charge in [0.05, 0.1) is 0 Å². The molecule has 84 heavy (non-hydrogen) atoms. The van der Waals surface area contributed by atoms with E-state index in [1.807, 2.05) is 48.5 Å². The standard InChI is InChI=1S/2C21H27N2.2C15H10.2CH3.4ClH.2Ru/c2*1-14-9-16(3)20(17(4)10-14)22-7-8-23(13-22)21-18(5)11-15(2)12-19(21)6;2*1-2-6-12(7-3-1)15-11-10-13-8-4-5-9-14(13)15;;;;;;;;/h2*9-13H,7-8H2,1-6H3;2*1-9,11H;2*1H3;4*1H;;/q2*-1;;;2*-1;;;;;2*+2/p-4. The van der Waals surface area contributed by atoms with Gasteiger partial charge in [-0.25, -0.2) is 0 Å². The van der Waals surface area contributed by atoms with Gasteiger partial charge in [0, 0.05) is 48.9 Å². The number of rotatable bonds is 6. The molecule has 10 heteroatoms. The summed E-state index contributed by atoms with van der Waals surface area (Å²) in [5.74, 6) is 0. The molecule has 2 aliphatic carbocycles. The van der Waals surface area contributed by atoms with Gasteiger partial charge >= 0.3 is 240 Å². The molecule has 8 aromatic carbocycles. The van der Waals surface area contributed by atoms with Crippen molar-refractivity contribution in [2.45, 2.75) is 83.1 Å². The summed E-state index contributed by atoms with van der Waals surface area (Å²) in [6, 6.07) is 55.6. The van der Waals surface area contributed by atoms with Gasteiger partial charge in [0.2, 0.25) is 0 Å². The first-order valence-electron chi connectivity index (χ1n) is 27.8. The predicted molar refractivity (Wildman–Crippen MR) is 365 cm³/mol. The maximum absolute atomic E-state index is 6.19. The van der Waals surface area contributed by atoms with Gasteiger partial charge in [-0.1, -0.05) is 70.8 Å². The summed E-state index contributed by atoms with van der Waals surface area (Å²) in [5, 5.41) is 0. The maximum atomic E-state index is 6.19. The van der Waals surface area contributed by atoms with Crippen molar-refractivity contribution in [3.63, 3.8) is 0 Å². The molecule has 4 aliphatic rings. The SMILES string of the molecule is Cc1cc(C)c(N2[CH-]N(c3c(C)cc(C)cc3C)CC2)c(C)c1.Cc1cc(C)c(N2[CH-]N(c3c(C)cc(C)cc3C)CC2)c(C)c1.[CH3-].[CH3-].[Cl][Ru]([Cl])=[C]1C=C(c2ccccc2)c2ccccc21.[Cl][Ru]([Cl])=[C]1C=C(c2ccccc2)c2ccccc21. The minimum atomic E-state index is -1.88. The molecular formula is C74H80Cl4N4Ru2-4. The number of hydrogen-bond donors (Lipinski definition) is 0. The Kier molecular flexibility index (Phi) is 23.1. The van der Waals surface area contributed by atoms with Crippen molar-refractivity contribution in [2.24, 2.45) is 0 Å². The molecule has 0 radical (unpaired) electrons. The zero-order chi connectivity index (χ0) is 58.5. The Bertz CT molecular complexity index is 3330. The Labute approximate surface area is 530 Å². The van der Waals surface area contributed by atoms with E-state index >= 15 is 0 Å². The van der Waals surface area contributed by atoms with Crippen molar-refractivity contribution in [3.8, 4) is 0 Å². The third kappa shape index (κ3) is 15.0. The van der Waals surface area contributed by atoms with E-state index in [1.165, 1.54) is 134 Å². The van der Waals surface area contributed by atoms with E-state index in [0.29, 0.717) is 0 Å². The van der Waals surface area contributed by atoms with E-state index in [0.717, 1.165) is 34.4 Å². The van der Waals surface area contributed by atoms with E-state index in [4.69, 9.17) is 38.8 Å². The third-order valence-corrected chi connectivity index (χ3v) is 21.6. The average molecular weight is 1370 g/mol. The van der Waals surface area contributed by atoms with Crippen LogP contribution < -0.4 is 19.6 Å². The van der Waals surface area contributed by atoms with Gasteiger partial charge in [0.1, 0.15) is 0 Å². The summed E-state index contributed by atoms with van der Waals surface area (Å²) < 4.78 is 2.25. The zero-order valence-electron chi connectivity index (χ0n) is 51.2. The van der Waals surface area contributed by atoms with Crippen LogP contribution in [-0.4, -0.2) is 34.4 Å². The summed E-state index contributed by atoms with van der Waals surface area (Å²) in [6.07, 6.45) is 4.30. The molecule has 8 aromatic rings. The van der Waals surface area contributed by atoms with Crippen molar-refractivity contribution in [1.29, 1.82) is 0 Å². The van der Waals surface area contributed by atoms with Gasteiger partial charge in [-0.2, -0.15) is 13.3 Å². The quantitative estimate of drug-likeness (QED) is 0.121. The van der Waals surface area contributed by atoms with Crippen LogP contribution in [0.5, 0.6) is 0 Å². The number of fused-ring (bicyclic) bond motifs is 2. The van der Waals surface area contributed by atoms with Gasteiger partial charge < -0.3 is 34.5 Å².